The standard InChI is InChI=1S/C22H27N5O/c1-16-18-7-3-4-8-19(18)28-20(16)15-25-22(23-2)26-17-10-13-27(14-11-17)21-9-5-6-12-24-21/h3-9,12,17H,10-11,13-15H2,1-2H3,(H2,23,25,26). The molecule has 0 radical (unpaired) electrons. The van der Waals surface area contributed by atoms with Gasteiger partial charge in [0.15, 0.2) is 5.96 Å². The van der Waals surface area contributed by atoms with Crippen LogP contribution in [0.5, 0.6) is 0 Å². The maximum atomic E-state index is 5.99. The highest BCUT2D eigenvalue weighted by Gasteiger charge is 2.21. The van der Waals surface area contributed by atoms with Gasteiger partial charge in [-0.1, -0.05) is 24.3 Å². The van der Waals surface area contributed by atoms with Gasteiger partial charge in [-0.15, -0.1) is 0 Å². The highest BCUT2D eigenvalue weighted by atomic mass is 16.3. The molecule has 0 aliphatic carbocycles. The van der Waals surface area contributed by atoms with Crippen LogP contribution in [0.3, 0.4) is 0 Å². The van der Waals surface area contributed by atoms with Gasteiger partial charge in [0.05, 0.1) is 6.54 Å². The van der Waals surface area contributed by atoms with E-state index in [-0.39, 0.29) is 0 Å². The van der Waals surface area contributed by atoms with Crippen molar-refractivity contribution in [1.82, 2.24) is 15.6 Å². The zero-order valence-electron chi connectivity index (χ0n) is 16.5. The highest BCUT2D eigenvalue weighted by molar-refractivity contribution is 5.83. The van der Waals surface area contributed by atoms with Crippen LogP contribution < -0.4 is 15.5 Å². The van der Waals surface area contributed by atoms with Crippen molar-refractivity contribution in [2.75, 3.05) is 25.0 Å². The highest BCUT2D eigenvalue weighted by Crippen LogP contribution is 2.24. The fourth-order valence-corrected chi connectivity index (χ4v) is 3.74. The van der Waals surface area contributed by atoms with Gasteiger partial charge >= 0.3 is 0 Å². The molecule has 6 nitrogen and oxygen atoms in total. The average Bonchev–Trinajstić information content (AvgIpc) is 3.08. The molecule has 0 spiro atoms. The summed E-state index contributed by atoms with van der Waals surface area (Å²) in [4.78, 5) is 11.2. The summed E-state index contributed by atoms with van der Waals surface area (Å²) >= 11 is 0. The van der Waals surface area contributed by atoms with Gasteiger partial charge < -0.3 is 20.0 Å². The molecule has 3 aromatic rings. The number of benzene rings is 1. The second kappa shape index (κ2) is 8.33. The number of fused-ring (bicyclic) bond motifs is 1. The maximum Gasteiger partial charge on any atom is 0.191 e. The number of pyridine rings is 1. The second-order valence-corrected chi connectivity index (χ2v) is 7.17. The Balaban J connectivity index is 1.31. The summed E-state index contributed by atoms with van der Waals surface area (Å²) in [5.41, 5.74) is 2.11. The number of aliphatic imine (C=N–C) groups is 1. The minimum Gasteiger partial charge on any atom is -0.459 e. The minimum absolute atomic E-state index is 0.405. The van der Waals surface area contributed by atoms with Crippen molar-refractivity contribution < 1.29 is 4.42 Å². The third-order valence-electron chi connectivity index (χ3n) is 5.39. The Morgan fingerprint density at radius 3 is 2.68 bits per heavy atom. The molecule has 2 N–H and O–H groups in total. The van der Waals surface area contributed by atoms with Crippen molar-refractivity contribution in [3.8, 4) is 0 Å². The van der Waals surface area contributed by atoms with Crippen molar-refractivity contribution in [3.63, 3.8) is 0 Å². The van der Waals surface area contributed by atoms with E-state index in [2.05, 4.69) is 44.6 Å². The number of guanidine groups is 1. The molecule has 3 heterocycles. The number of aryl methyl sites for hydroxylation is 1. The van der Waals surface area contributed by atoms with Gasteiger partial charge in [-0.2, -0.15) is 0 Å². The summed E-state index contributed by atoms with van der Waals surface area (Å²) < 4.78 is 5.99. The molecule has 1 aromatic carbocycles. The van der Waals surface area contributed by atoms with Crippen LogP contribution in [0.1, 0.15) is 24.2 Å². The first-order valence-electron chi connectivity index (χ1n) is 9.85. The van der Waals surface area contributed by atoms with Crippen LogP contribution in [0, 0.1) is 6.92 Å². The SMILES string of the molecule is CN=C(NCc1oc2ccccc2c1C)NC1CCN(c2ccccn2)CC1. The number of rotatable bonds is 4. The third-order valence-corrected chi connectivity index (χ3v) is 5.39. The molecular formula is C22H27N5O. The van der Waals surface area contributed by atoms with E-state index in [9.17, 15) is 0 Å². The molecule has 0 atom stereocenters. The van der Waals surface area contributed by atoms with Gasteiger partial charge in [0, 0.05) is 43.3 Å². The number of para-hydroxylation sites is 1. The van der Waals surface area contributed by atoms with Crippen molar-refractivity contribution in [2.24, 2.45) is 4.99 Å². The van der Waals surface area contributed by atoms with Gasteiger partial charge in [0.1, 0.15) is 17.2 Å². The average molecular weight is 377 g/mol. The van der Waals surface area contributed by atoms with Crippen LogP contribution in [0.25, 0.3) is 11.0 Å². The van der Waals surface area contributed by atoms with Crippen molar-refractivity contribution in [3.05, 3.63) is 60.0 Å². The van der Waals surface area contributed by atoms with E-state index in [0.717, 1.165) is 49.1 Å². The first-order chi connectivity index (χ1) is 13.7. The first kappa shape index (κ1) is 18.3. The van der Waals surface area contributed by atoms with Crippen molar-refractivity contribution >= 4 is 22.7 Å². The number of nitrogens with zero attached hydrogens (tertiary/aromatic N) is 3. The Kier molecular flexibility index (Phi) is 5.46. The lowest BCUT2D eigenvalue weighted by atomic mass is 10.1. The predicted molar refractivity (Wildman–Crippen MR) is 114 cm³/mol. The Hall–Kier alpha value is -3.02. The summed E-state index contributed by atoms with van der Waals surface area (Å²) in [5, 5.41) is 8.12. The maximum absolute atomic E-state index is 5.99. The van der Waals surface area contributed by atoms with Gasteiger partial charge in [-0.3, -0.25) is 4.99 Å². The Morgan fingerprint density at radius 2 is 1.96 bits per heavy atom. The van der Waals surface area contributed by atoms with E-state index in [0.29, 0.717) is 12.6 Å². The van der Waals surface area contributed by atoms with Crippen LogP contribution in [-0.4, -0.2) is 37.1 Å². The van der Waals surface area contributed by atoms with E-state index >= 15 is 0 Å². The topological polar surface area (TPSA) is 65.7 Å². The Morgan fingerprint density at radius 1 is 1.18 bits per heavy atom. The molecule has 4 rings (SSSR count). The molecule has 1 fully saturated rings. The van der Waals surface area contributed by atoms with E-state index in [1.807, 2.05) is 43.6 Å². The summed E-state index contributed by atoms with van der Waals surface area (Å²) in [7, 11) is 1.81. The van der Waals surface area contributed by atoms with Gasteiger partial charge in [-0.05, 0) is 38.0 Å². The number of furan rings is 1. The molecular weight excluding hydrogens is 350 g/mol. The number of hydrogen-bond acceptors (Lipinski definition) is 4. The van der Waals surface area contributed by atoms with E-state index in [4.69, 9.17) is 4.42 Å². The molecule has 0 saturated carbocycles. The fourth-order valence-electron chi connectivity index (χ4n) is 3.74. The quantitative estimate of drug-likeness (QED) is 0.538. The van der Waals surface area contributed by atoms with Crippen LogP contribution in [-0.2, 0) is 6.54 Å². The third kappa shape index (κ3) is 3.96. The van der Waals surface area contributed by atoms with Crippen LogP contribution in [0.2, 0.25) is 0 Å². The van der Waals surface area contributed by atoms with E-state index in [1.54, 1.807) is 0 Å². The van der Waals surface area contributed by atoms with Crippen LogP contribution in [0.15, 0.2) is 58.1 Å². The summed E-state index contributed by atoms with van der Waals surface area (Å²) in [6.45, 7) is 4.71. The molecule has 146 valence electrons. The molecule has 6 heteroatoms. The number of piperidine rings is 1. The molecule has 0 amide bonds. The minimum atomic E-state index is 0.405. The fraction of sp³-hybridized carbons (Fsp3) is 0.364. The van der Waals surface area contributed by atoms with Gasteiger partial charge in [0.2, 0.25) is 0 Å². The molecule has 2 aromatic heterocycles. The molecule has 28 heavy (non-hydrogen) atoms. The zero-order chi connectivity index (χ0) is 19.3. The number of aromatic nitrogens is 1. The van der Waals surface area contributed by atoms with E-state index < -0.39 is 0 Å². The van der Waals surface area contributed by atoms with Crippen LogP contribution in [0.4, 0.5) is 5.82 Å². The molecule has 1 saturated heterocycles. The van der Waals surface area contributed by atoms with Crippen molar-refractivity contribution in [2.45, 2.75) is 32.4 Å². The van der Waals surface area contributed by atoms with Crippen molar-refractivity contribution in [1.29, 1.82) is 0 Å². The zero-order valence-corrected chi connectivity index (χ0v) is 16.5. The van der Waals surface area contributed by atoms with E-state index in [1.165, 1.54) is 10.9 Å². The molecule has 1 aliphatic rings. The summed E-state index contributed by atoms with van der Waals surface area (Å²) in [6, 6.07) is 14.6. The Labute approximate surface area is 165 Å². The second-order valence-electron chi connectivity index (χ2n) is 7.17. The summed E-state index contributed by atoms with van der Waals surface area (Å²) in [6.07, 6.45) is 3.97. The number of anilines is 1. The van der Waals surface area contributed by atoms with Gasteiger partial charge in [-0.25, -0.2) is 4.98 Å². The lowest BCUT2D eigenvalue weighted by Crippen LogP contribution is -2.48. The molecule has 1 aliphatic heterocycles. The first-order valence-corrected chi connectivity index (χ1v) is 9.85. The number of nitrogens with one attached hydrogen (secondary N) is 2. The number of hydrogen-bond donors (Lipinski definition) is 2. The van der Waals surface area contributed by atoms with Gasteiger partial charge in [0.25, 0.3) is 0 Å². The lowest BCUT2D eigenvalue weighted by Gasteiger charge is -2.33. The normalized spacial score (nSPS) is 15.8. The van der Waals surface area contributed by atoms with Crippen LogP contribution >= 0.6 is 0 Å². The smallest absolute Gasteiger partial charge is 0.191 e. The lowest BCUT2D eigenvalue weighted by molar-refractivity contribution is 0.457. The molecule has 0 bridgehead atoms. The largest absolute Gasteiger partial charge is 0.459 e. The Bertz CT molecular complexity index is 942. The summed E-state index contributed by atoms with van der Waals surface area (Å²) in [5.74, 6) is 2.83. The monoisotopic (exact) mass is 377 g/mol. The predicted octanol–water partition coefficient (Wildman–Crippen LogP) is 3.47. The molecule has 0 unspecified atom stereocenters.